The van der Waals surface area contributed by atoms with Gasteiger partial charge in [-0.1, -0.05) is 0 Å². The Morgan fingerprint density at radius 3 is 2.71 bits per heavy atom. The molecule has 0 bridgehead atoms. The van der Waals surface area contributed by atoms with Gasteiger partial charge in [-0.15, -0.1) is 0 Å². The van der Waals surface area contributed by atoms with Gasteiger partial charge in [0.25, 0.3) is 0 Å². The second-order valence-corrected chi connectivity index (χ2v) is 2.12. The van der Waals surface area contributed by atoms with Crippen LogP contribution >= 0.6 is 15.9 Å². The van der Waals surface area contributed by atoms with Crippen molar-refractivity contribution in [2.45, 2.75) is 6.92 Å². The molecule has 2 heteroatoms. The molecule has 0 saturated heterocycles. The first-order valence-corrected chi connectivity index (χ1v) is 2.72. The zero-order chi connectivity index (χ0) is 5.28. The molecule has 1 aromatic rings. The van der Waals surface area contributed by atoms with Crippen molar-refractivity contribution in [3.05, 3.63) is 22.6 Å². The molecule has 0 aliphatic carbocycles. The Morgan fingerprint density at radius 1 is 1.86 bits per heavy atom. The van der Waals surface area contributed by atoms with Crippen molar-refractivity contribution >= 4 is 15.9 Å². The van der Waals surface area contributed by atoms with Crippen LogP contribution < -0.4 is 0 Å². The summed E-state index contributed by atoms with van der Waals surface area (Å²) in [5.41, 5.74) is 1.02. The lowest BCUT2D eigenvalue weighted by atomic mass is 10.4. The molecule has 0 aromatic carbocycles. The average molecular weight is 160 g/mol. The van der Waals surface area contributed by atoms with E-state index in [2.05, 4.69) is 22.2 Å². The van der Waals surface area contributed by atoms with Crippen molar-refractivity contribution in [3.8, 4) is 0 Å². The summed E-state index contributed by atoms with van der Waals surface area (Å²) in [6, 6.07) is 1.86. The zero-order valence-electron chi connectivity index (χ0n) is 3.86. The third-order valence-electron chi connectivity index (χ3n) is 0.640. The molecule has 0 unspecified atom stereocenters. The van der Waals surface area contributed by atoms with E-state index < -0.39 is 0 Å². The molecular formula is C5H4BrO. The number of rotatable bonds is 0. The molecule has 7 heavy (non-hydrogen) atoms. The molecule has 0 fully saturated rings. The van der Waals surface area contributed by atoms with E-state index in [1.165, 1.54) is 0 Å². The van der Waals surface area contributed by atoms with Gasteiger partial charge in [0.2, 0.25) is 0 Å². The van der Waals surface area contributed by atoms with Crippen LogP contribution in [0.4, 0.5) is 0 Å². The Labute approximate surface area is 50.5 Å². The molecule has 1 nitrogen and oxygen atoms in total. The lowest BCUT2D eigenvalue weighted by Crippen LogP contribution is -1.50. The standard InChI is InChI=1S/C5H4BrO/c1-4-2-5(6)7-3-4/h2H,1H3. The first kappa shape index (κ1) is 4.91. The van der Waals surface area contributed by atoms with E-state index in [1.807, 2.05) is 13.0 Å². The Balaban J connectivity index is 3.04. The summed E-state index contributed by atoms with van der Waals surface area (Å²) in [4.78, 5) is 0. The maximum atomic E-state index is 4.76. The summed E-state index contributed by atoms with van der Waals surface area (Å²) < 4.78 is 5.50. The maximum absolute atomic E-state index is 4.76. The molecule has 0 amide bonds. The fourth-order valence-electron chi connectivity index (χ4n) is 0.358. The molecule has 0 spiro atoms. The fourth-order valence-corrected chi connectivity index (χ4v) is 0.783. The lowest BCUT2D eigenvalue weighted by Gasteiger charge is -1.65. The predicted molar refractivity (Wildman–Crippen MR) is 30.0 cm³/mol. The van der Waals surface area contributed by atoms with Crippen LogP contribution in [0.1, 0.15) is 5.56 Å². The van der Waals surface area contributed by atoms with Gasteiger partial charge in [-0.25, -0.2) is 0 Å². The monoisotopic (exact) mass is 159 g/mol. The molecule has 0 aliphatic rings. The summed E-state index contributed by atoms with van der Waals surface area (Å²) in [5, 5.41) is 0. The minimum Gasteiger partial charge on any atom is -0.446 e. The van der Waals surface area contributed by atoms with E-state index in [1.54, 1.807) is 0 Å². The van der Waals surface area contributed by atoms with Crippen molar-refractivity contribution in [2.24, 2.45) is 0 Å². The average Bonchev–Trinajstić information content (AvgIpc) is 1.87. The Hall–Kier alpha value is -0.240. The van der Waals surface area contributed by atoms with E-state index >= 15 is 0 Å². The van der Waals surface area contributed by atoms with E-state index in [4.69, 9.17) is 4.42 Å². The van der Waals surface area contributed by atoms with Gasteiger partial charge in [0.15, 0.2) is 10.9 Å². The van der Waals surface area contributed by atoms with E-state index in [-0.39, 0.29) is 0 Å². The van der Waals surface area contributed by atoms with Crippen LogP contribution in [-0.2, 0) is 0 Å². The predicted octanol–water partition coefficient (Wildman–Crippen LogP) is 2.15. The summed E-state index contributed by atoms with van der Waals surface area (Å²) >= 11 is 3.13. The number of furan rings is 1. The fraction of sp³-hybridized carbons (Fsp3) is 0.200. The highest BCUT2D eigenvalue weighted by atomic mass is 79.9. The minimum atomic E-state index is 0.741. The third kappa shape index (κ3) is 1.06. The Morgan fingerprint density at radius 2 is 2.57 bits per heavy atom. The highest BCUT2D eigenvalue weighted by Gasteiger charge is 1.89. The second kappa shape index (κ2) is 1.70. The van der Waals surface area contributed by atoms with Gasteiger partial charge in [0, 0.05) is 0 Å². The molecule has 0 atom stereocenters. The van der Waals surface area contributed by atoms with Gasteiger partial charge in [0.05, 0.1) is 0 Å². The zero-order valence-corrected chi connectivity index (χ0v) is 5.45. The molecular weight excluding hydrogens is 156 g/mol. The van der Waals surface area contributed by atoms with Crippen LogP contribution in [0.25, 0.3) is 0 Å². The first-order valence-electron chi connectivity index (χ1n) is 1.92. The molecule has 1 heterocycles. The molecule has 37 valence electrons. The quantitative estimate of drug-likeness (QED) is 0.566. The summed E-state index contributed by atoms with van der Waals surface area (Å²) in [5.74, 6) is 0. The molecule has 1 rings (SSSR count). The molecule has 0 saturated carbocycles. The van der Waals surface area contributed by atoms with E-state index in [0.29, 0.717) is 0 Å². The smallest absolute Gasteiger partial charge is 0.174 e. The highest BCUT2D eigenvalue weighted by Crippen LogP contribution is 2.11. The molecule has 0 N–H and O–H groups in total. The van der Waals surface area contributed by atoms with Crippen LogP contribution in [0.3, 0.4) is 0 Å². The Kier molecular flexibility index (Phi) is 1.19. The van der Waals surface area contributed by atoms with Gasteiger partial charge in [0.1, 0.15) is 0 Å². The van der Waals surface area contributed by atoms with Gasteiger partial charge in [-0.05, 0) is 34.5 Å². The van der Waals surface area contributed by atoms with Crippen molar-refractivity contribution < 1.29 is 4.42 Å². The third-order valence-corrected chi connectivity index (χ3v) is 1.03. The second-order valence-electron chi connectivity index (χ2n) is 1.34. The first-order chi connectivity index (χ1) is 3.29. The Bertz CT molecular complexity index is 140. The number of halogens is 1. The van der Waals surface area contributed by atoms with Crippen molar-refractivity contribution in [3.63, 3.8) is 0 Å². The van der Waals surface area contributed by atoms with Crippen LogP contribution in [0.2, 0.25) is 0 Å². The SMILES string of the molecule is Cc1[c]oc(Br)c1. The van der Waals surface area contributed by atoms with E-state index in [9.17, 15) is 0 Å². The molecule has 0 aliphatic heterocycles. The summed E-state index contributed by atoms with van der Waals surface area (Å²) in [7, 11) is 0. The normalized spacial score (nSPS) is 9.43. The number of hydrogen-bond donors (Lipinski definition) is 0. The van der Waals surface area contributed by atoms with Gasteiger partial charge in [-0.3, -0.25) is 0 Å². The number of hydrogen-bond acceptors (Lipinski definition) is 1. The maximum Gasteiger partial charge on any atom is 0.174 e. The van der Waals surface area contributed by atoms with Crippen LogP contribution in [0.5, 0.6) is 0 Å². The van der Waals surface area contributed by atoms with Crippen LogP contribution in [0, 0.1) is 13.2 Å². The molecule has 1 aromatic heterocycles. The van der Waals surface area contributed by atoms with Crippen molar-refractivity contribution in [2.75, 3.05) is 0 Å². The van der Waals surface area contributed by atoms with E-state index in [0.717, 1.165) is 10.2 Å². The lowest BCUT2D eigenvalue weighted by molar-refractivity contribution is 0.531. The summed E-state index contributed by atoms with van der Waals surface area (Å²) in [6.45, 7) is 1.92. The number of aryl methyl sites for hydroxylation is 1. The highest BCUT2D eigenvalue weighted by molar-refractivity contribution is 9.10. The van der Waals surface area contributed by atoms with Crippen molar-refractivity contribution in [1.29, 1.82) is 0 Å². The minimum absolute atomic E-state index is 0.741. The molecule has 1 radical (unpaired) electrons. The van der Waals surface area contributed by atoms with Crippen molar-refractivity contribution in [1.82, 2.24) is 0 Å². The largest absolute Gasteiger partial charge is 0.446 e. The van der Waals surface area contributed by atoms with Crippen LogP contribution in [-0.4, -0.2) is 0 Å². The van der Waals surface area contributed by atoms with Crippen LogP contribution in [0.15, 0.2) is 15.2 Å². The van der Waals surface area contributed by atoms with Gasteiger partial charge < -0.3 is 4.42 Å². The summed E-state index contributed by atoms with van der Waals surface area (Å²) in [6.07, 6.45) is 2.65. The van der Waals surface area contributed by atoms with Gasteiger partial charge in [-0.2, -0.15) is 0 Å². The topological polar surface area (TPSA) is 13.1 Å². The van der Waals surface area contributed by atoms with Gasteiger partial charge >= 0.3 is 0 Å².